The summed E-state index contributed by atoms with van der Waals surface area (Å²) in [6.07, 6.45) is -2.58. The number of benzene rings is 2. The minimum Gasteiger partial charge on any atom is -0.466 e. The highest BCUT2D eigenvalue weighted by molar-refractivity contribution is 5.96. The van der Waals surface area contributed by atoms with Gasteiger partial charge in [0.2, 0.25) is 0 Å². The number of nitrogens with one attached hydrogen (secondary N) is 1. The first-order chi connectivity index (χ1) is 13.4. The fourth-order valence-corrected chi connectivity index (χ4v) is 3.11. The molecule has 1 aliphatic rings. The standard InChI is InChI=1S/C20H16F3N3O2/c21-20(22,23)14-8-4-5-9-15(14)26-12-16-18(25-26)19(27)24-17(28-16)11-10-13-6-2-1-3-7-13/h1-9,12,17H,10-11H2,(H,24,27). The van der Waals surface area contributed by atoms with Crippen LogP contribution in [0.1, 0.15) is 28.0 Å². The third-order valence-electron chi connectivity index (χ3n) is 4.45. The maximum absolute atomic E-state index is 13.3. The predicted molar refractivity (Wildman–Crippen MR) is 95.2 cm³/mol. The first kappa shape index (κ1) is 18.1. The Morgan fingerprint density at radius 2 is 1.79 bits per heavy atom. The van der Waals surface area contributed by atoms with Crippen LogP contribution in [0.3, 0.4) is 0 Å². The van der Waals surface area contributed by atoms with Crippen LogP contribution in [0.4, 0.5) is 13.2 Å². The first-order valence-electron chi connectivity index (χ1n) is 8.69. The van der Waals surface area contributed by atoms with Crippen molar-refractivity contribution in [1.29, 1.82) is 0 Å². The highest BCUT2D eigenvalue weighted by Crippen LogP contribution is 2.34. The lowest BCUT2D eigenvalue weighted by molar-refractivity contribution is -0.137. The van der Waals surface area contributed by atoms with Gasteiger partial charge in [0.1, 0.15) is 0 Å². The van der Waals surface area contributed by atoms with Crippen molar-refractivity contribution in [3.05, 3.63) is 77.6 Å². The third-order valence-corrected chi connectivity index (χ3v) is 4.45. The molecule has 0 bridgehead atoms. The number of nitrogens with zero attached hydrogens (tertiary/aromatic N) is 2. The Kier molecular flexibility index (Phi) is 4.54. The van der Waals surface area contributed by atoms with E-state index in [2.05, 4.69) is 10.4 Å². The Morgan fingerprint density at radius 3 is 2.54 bits per heavy atom. The topological polar surface area (TPSA) is 56.1 Å². The minimum absolute atomic E-state index is 0.0343. The van der Waals surface area contributed by atoms with Crippen LogP contribution in [0, 0.1) is 0 Å². The molecule has 1 unspecified atom stereocenters. The summed E-state index contributed by atoms with van der Waals surface area (Å²) in [6, 6.07) is 14.8. The van der Waals surface area contributed by atoms with Crippen molar-refractivity contribution < 1.29 is 22.7 Å². The van der Waals surface area contributed by atoms with Gasteiger partial charge in [-0.25, -0.2) is 4.68 Å². The zero-order chi connectivity index (χ0) is 19.7. The van der Waals surface area contributed by atoms with E-state index in [1.165, 1.54) is 24.4 Å². The lowest BCUT2D eigenvalue weighted by Crippen LogP contribution is -2.43. The molecular weight excluding hydrogens is 371 g/mol. The van der Waals surface area contributed by atoms with Gasteiger partial charge in [-0.1, -0.05) is 42.5 Å². The lowest BCUT2D eigenvalue weighted by atomic mass is 10.1. The molecule has 1 N–H and O–H groups in total. The van der Waals surface area contributed by atoms with E-state index in [9.17, 15) is 18.0 Å². The molecule has 0 saturated heterocycles. The van der Waals surface area contributed by atoms with Gasteiger partial charge in [-0.2, -0.15) is 18.3 Å². The fourth-order valence-electron chi connectivity index (χ4n) is 3.11. The molecule has 4 rings (SSSR count). The van der Waals surface area contributed by atoms with E-state index in [0.29, 0.717) is 12.8 Å². The van der Waals surface area contributed by atoms with Gasteiger partial charge in [-0.15, -0.1) is 0 Å². The summed E-state index contributed by atoms with van der Waals surface area (Å²) >= 11 is 0. The van der Waals surface area contributed by atoms with Crippen LogP contribution in [-0.4, -0.2) is 21.9 Å². The van der Waals surface area contributed by atoms with Crippen molar-refractivity contribution in [2.45, 2.75) is 25.2 Å². The Bertz CT molecular complexity index is 999. The molecule has 1 aliphatic heterocycles. The van der Waals surface area contributed by atoms with Crippen molar-refractivity contribution in [3.63, 3.8) is 0 Å². The molecule has 1 atom stereocenters. The predicted octanol–water partition coefficient (Wildman–Crippen LogP) is 3.97. The van der Waals surface area contributed by atoms with Crippen LogP contribution in [-0.2, 0) is 12.6 Å². The van der Waals surface area contributed by atoms with E-state index in [1.807, 2.05) is 30.3 Å². The molecule has 3 aromatic rings. The minimum atomic E-state index is -4.54. The summed E-state index contributed by atoms with van der Waals surface area (Å²) in [7, 11) is 0. The monoisotopic (exact) mass is 387 g/mol. The molecule has 0 fully saturated rings. The second-order valence-corrected chi connectivity index (χ2v) is 6.41. The normalized spacial score (nSPS) is 16.2. The largest absolute Gasteiger partial charge is 0.466 e. The SMILES string of the molecule is O=C1NC(CCc2ccccc2)Oc2cn(-c3ccccc3C(F)(F)F)nc21. The third kappa shape index (κ3) is 3.58. The van der Waals surface area contributed by atoms with Gasteiger partial charge in [0, 0.05) is 6.42 Å². The summed E-state index contributed by atoms with van der Waals surface area (Å²) in [6.45, 7) is 0. The quantitative estimate of drug-likeness (QED) is 0.737. The van der Waals surface area contributed by atoms with Crippen LogP contribution < -0.4 is 10.1 Å². The van der Waals surface area contributed by atoms with E-state index in [1.54, 1.807) is 0 Å². The average Bonchev–Trinajstić information content (AvgIpc) is 3.11. The highest BCUT2D eigenvalue weighted by atomic mass is 19.4. The van der Waals surface area contributed by atoms with E-state index < -0.39 is 23.9 Å². The zero-order valence-electron chi connectivity index (χ0n) is 14.6. The Labute approximate surface area is 158 Å². The molecule has 2 aromatic carbocycles. The maximum atomic E-state index is 13.3. The van der Waals surface area contributed by atoms with Gasteiger partial charge in [-0.3, -0.25) is 4.79 Å². The molecule has 0 aliphatic carbocycles. The Balaban J connectivity index is 1.57. The van der Waals surface area contributed by atoms with E-state index in [-0.39, 0.29) is 17.1 Å². The zero-order valence-corrected chi connectivity index (χ0v) is 14.6. The Morgan fingerprint density at radius 1 is 1.07 bits per heavy atom. The molecule has 5 nitrogen and oxygen atoms in total. The smallest absolute Gasteiger partial charge is 0.418 e. The van der Waals surface area contributed by atoms with E-state index in [0.717, 1.165) is 16.3 Å². The first-order valence-corrected chi connectivity index (χ1v) is 8.69. The van der Waals surface area contributed by atoms with Gasteiger partial charge in [0.25, 0.3) is 5.91 Å². The van der Waals surface area contributed by atoms with Gasteiger partial charge in [0.15, 0.2) is 17.7 Å². The number of alkyl halides is 3. The summed E-state index contributed by atoms with van der Waals surface area (Å²) in [5, 5.41) is 6.70. The molecule has 8 heteroatoms. The molecule has 0 spiro atoms. The fraction of sp³-hybridized carbons (Fsp3) is 0.200. The average molecular weight is 387 g/mol. The number of hydrogen-bond acceptors (Lipinski definition) is 3. The molecule has 2 heterocycles. The van der Waals surface area contributed by atoms with Crippen LogP contribution in [0.2, 0.25) is 0 Å². The number of para-hydroxylation sites is 1. The Hall–Kier alpha value is -3.29. The van der Waals surface area contributed by atoms with Crippen LogP contribution in [0.25, 0.3) is 5.69 Å². The van der Waals surface area contributed by atoms with Gasteiger partial charge >= 0.3 is 6.18 Å². The number of carbonyl (C=O) groups is 1. The molecule has 28 heavy (non-hydrogen) atoms. The number of hydrogen-bond donors (Lipinski definition) is 1. The van der Waals surface area contributed by atoms with Crippen molar-refractivity contribution >= 4 is 5.91 Å². The lowest BCUT2D eigenvalue weighted by Gasteiger charge is -2.23. The molecule has 0 saturated carbocycles. The number of fused-ring (bicyclic) bond motifs is 1. The number of aryl methyl sites for hydroxylation is 1. The van der Waals surface area contributed by atoms with Crippen LogP contribution in [0.15, 0.2) is 60.8 Å². The summed E-state index contributed by atoms with van der Waals surface area (Å²) < 4.78 is 46.6. The molecular formula is C20H16F3N3O2. The number of amides is 1. The number of aromatic nitrogens is 2. The van der Waals surface area contributed by atoms with Crippen LogP contribution >= 0.6 is 0 Å². The van der Waals surface area contributed by atoms with Crippen molar-refractivity contribution in [3.8, 4) is 11.4 Å². The molecule has 144 valence electrons. The molecule has 0 radical (unpaired) electrons. The van der Waals surface area contributed by atoms with Crippen LogP contribution in [0.5, 0.6) is 5.75 Å². The van der Waals surface area contributed by atoms with Crippen molar-refractivity contribution in [2.24, 2.45) is 0 Å². The molecule has 1 amide bonds. The van der Waals surface area contributed by atoms with Crippen molar-refractivity contribution in [1.82, 2.24) is 15.1 Å². The van der Waals surface area contributed by atoms with Gasteiger partial charge in [-0.05, 0) is 24.1 Å². The van der Waals surface area contributed by atoms with E-state index >= 15 is 0 Å². The number of rotatable bonds is 4. The van der Waals surface area contributed by atoms with E-state index in [4.69, 9.17) is 4.74 Å². The summed E-state index contributed by atoms with van der Waals surface area (Å²) in [5.41, 5.74) is 0.0615. The number of ether oxygens (including phenoxy) is 1. The second kappa shape index (κ2) is 7.03. The molecule has 1 aromatic heterocycles. The summed E-state index contributed by atoms with van der Waals surface area (Å²) in [5.74, 6) is -0.304. The maximum Gasteiger partial charge on any atom is 0.418 e. The number of halogens is 3. The van der Waals surface area contributed by atoms with Crippen molar-refractivity contribution in [2.75, 3.05) is 0 Å². The van der Waals surface area contributed by atoms with Gasteiger partial charge in [0.05, 0.1) is 17.4 Å². The van der Waals surface area contributed by atoms with Gasteiger partial charge < -0.3 is 10.1 Å². The summed E-state index contributed by atoms with van der Waals surface area (Å²) in [4.78, 5) is 12.3. The highest BCUT2D eigenvalue weighted by Gasteiger charge is 2.35. The second-order valence-electron chi connectivity index (χ2n) is 6.41. The number of carbonyl (C=O) groups excluding carboxylic acids is 1.